The Bertz CT molecular complexity index is 378. The number of aliphatic imine (C=N–C) groups is 1. The summed E-state index contributed by atoms with van der Waals surface area (Å²) in [6, 6.07) is 0. The van der Waals surface area contributed by atoms with Crippen LogP contribution in [0.15, 0.2) is 17.1 Å². The van der Waals surface area contributed by atoms with Gasteiger partial charge in [0.2, 0.25) is 0 Å². The van der Waals surface area contributed by atoms with Gasteiger partial charge < -0.3 is 5.11 Å². The van der Waals surface area contributed by atoms with Crippen molar-refractivity contribution in [3.63, 3.8) is 0 Å². The number of aliphatic hydroxyl groups excluding tert-OH is 1. The lowest BCUT2D eigenvalue weighted by Crippen LogP contribution is -2.57. The molecule has 0 radical (unpaired) electrons. The van der Waals surface area contributed by atoms with E-state index >= 15 is 0 Å². The van der Waals surface area contributed by atoms with Crippen molar-refractivity contribution in [2.24, 2.45) is 4.99 Å². The average Bonchev–Trinajstić information content (AvgIpc) is 3.03. The zero-order valence-electron chi connectivity index (χ0n) is 17.1. The van der Waals surface area contributed by atoms with Crippen LogP contribution in [0.4, 0.5) is 0 Å². The smallest absolute Gasteiger partial charge is 0.189 e. The summed E-state index contributed by atoms with van der Waals surface area (Å²) in [5, 5.41) is 10.2. The first kappa shape index (κ1) is 22.4. The van der Waals surface area contributed by atoms with E-state index in [0.717, 1.165) is 25.9 Å². The second-order valence-electron chi connectivity index (χ2n) is 7.71. The zero-order chi connectivity index (χ0) is 18.4. The Balaban J connectivity index is 2.02. The number of hydrogen-bond acceptors (Lipinski definition) is 2. The summed E-state index contributed by atoms with van der Waals surface area (Å²) in [7, 11) is 0. The summed E-state index contributed by atoms with van der Waals surface area (Å²) in [5.74, 6) is 0. The van der Waals surface area contributed by atoms with Gasteiger partial charge in [0.25, 0.3) is 0 Å². The summed E-state index contributed by atoms with van der Waals surface area (Å²) in [5.41, 5.74) is 0. The molecule has 0 fully saturated rings. The first-order valence-electron chi connectivity index (χ1n) is 10.9. The van der Waals surface area contributed by atoms with Gasteiger partial charge in [0, 0.05) is 13.3 Å². The molecule has 0 aromatic carbocycles. The highest BCUT2D eigenvalue weighted by Gasteiger charge is 2.41. The van der Waals surface area contributed by atoms with Crippen molar-refractivity contribution < 1.29 is 9.59 Å². The maximum Gasteiger partial charge on any atom is 0.189 e. The van der Waals surface area contributed by atoms with Crippen LogP contribution in [0, 0.1) is 0 Å². The highest BCUT2D eigenvalue weighted by atomic mass is 16.3. The van der Waals surface area contributed by atoms with Crippen LogP contribution in [0.3, 0.4) is 0 Å². The maximum absolute atomic E-state index is 10.2. The van der Waals surface area contributed by atoms with Crippen molar-refractivity contribution in [3.8, 4) is 0 Å². The fraction of sp³-hybridized carbons (Fsp3) is 0.864. The number of hydrogen-bond donors (Lipinski definition) is 1. The Hall–Kier alpha value is -0.670. The normalized spacial score (nSPS) is 24.4. The van der Waals surface area contributed by atoms with Crippen molar-refractivity contribution in [1.29, 1.82) is 0 Å². The third-order valence-electron chi connectivity index (χ3n) is 5.86. The molecule has 0 aromatic heterocycles. The van der Waals surface area contributed by atoms with Gasteiger partial charge in [-0.2, -0.15) is 0 Å². The molecule has 25 heavy (non-hydrogen) atoms. The summed E-state index contributed by atoms with van der Waals surface area (Å²) >= 11 is 0. The molecule has 0 aliphatic carbocycles. The number of quaternary nitrogens is 1. The molecule has 3 nitrogen and oxygen atoms in total. The molecule has 0 saturated heterocycles. The third kappa shape index (κ3) is 8.04. The van der Waals surface area contributed by atoms with Crippen LogP contribution in [0.25, 0.3) is 0 Å². The van der Waals surface area contributed by atoms with E-state index < -0.39 is 0 Å². The van der Waals surface area contributed by atoms with E-state index in [1.807, 2.05) is 13.1 Å². The van der Waals surface area contributed by atoms with Gasteiger partial charge in [-0.1, -0.05) is 70.4 Å². The molecule has 1 N–H and O–H groups in total. The summed E-state index contributed by atoms with van der Waals surface area (Å²) in [6.07, 6.45) is 22.5. The minimum Gasteiger partial charge on any atom is -0.345 e. The molecule has 1 aliphatic heterocycles. The minimum absolute atomic E-state index is 0.238. The van der Waals surface area contributed by atoms with Gasteiger partial charge in [-0.05, 0) is 26.2 Å². The highest BCUT2D eigenvalue weighted by Crippen LogP contribution is 2.26. The number of aliphatic hydroxyl groups is 1. The highest BCUT2D eigenvalue weighted by molar-refractivity contribution is 5.60. The Morgan fingerprint density at radius 3 is 2.20 bits per heavy atom. The first-order chi connectivity index (χ1) is 12.2. The van der Waals surface area contributed by atoms with Crippen LogP contribution in [-0.4, -0.2) is 41.3 Å². The largest absolute Gasteiger partial charge is 0.345 e. The second kappa shape index (κ2) is 13.5. The molecule has 0 spiro atoms. The molecule has 146 valence electrons. The molecule has 1 heterocycles. The van der Waals surface area contributed by atoms with Gasteiger partial charge in [0.05, 0.1) is 12.8 Å². The topological polar surface area (TPSA) is 32.6 Å². The van der Waals surface area contributed by atoms with Gasteiger partial charge in [0.1, 0.15) is 6.54 Å². The van der Waals surface area contributed by atoms with E-state index in [1.54, 1.807) is 0 Å². The van der Waals surface area contributed by atoms with Gasteiger partial charge in [-0.25, -0.2) is 4.99 Å². The van der Waals surface area contributed by atoms with E-state index in [0.29, 0.717) is 4.48 Å². The van der Waals surface area contributed by atoms with Crippen LogP contribution in [0.5, 0.6) is 0 Å². The SMILES string of the molecule is CCCCCCCCCCC/C=C/CCC1N=CC[N+]1(CC)C(C)O. The second-order valence-corrected chi connectivity index (χ2v) is 7.71. The van der Waals surface area contributed by atoms with E-state index in [2.05, 4.69) is 31.0 Å². The quantitative estimate of drug-likeness (QED) is 0.225. The predicted octanol–water partition coefficient (Wildman–Crippen LogP) is 5.83. The fourth-order valence-electron chi connectivity index (χ4n) is 3.97. The Morgan fingerprint density at radius 2 is 1.60 bits per heavy atom. The molecule has 3 unspecified atom stereocenters. The third-order valence-corrected chi connectivity index (χ3v) is 5.86. The number of allylic oxidation sites excluding steroid dienone is 2. The Labute approximate surface area is 156 Å². The van der Waals surface area contributed by atoms with Gasteiger partial charge >= 0.3 is 0 Å². The molecule has 1 rings (SSSR count). The van der Waals surface area contributed by atoms with Crippen molar-refractivity contribution in [2.75, 3.05) is 13.1 Å². The van der Waals surface area contributed by atoms with E-state index in [9.17, 15) is 5.11 Å². The zero-order valence-corrected chi connectivity index (χ0v) is 17.1. The van der Waals surface area contributed by atoms with Gasteiger partial charge in [-0.15, -0.1) is 0 Å². The van der Waals surface area contributed by atoms with Crippen LogP contribution in [0.2, 0.25) is 0 Å². The van der Waals surface area contributed by atoms with Crippen LogP contribution in [-0.2, 0) is 0 Å². The summed E-state index contributed by atoms with van der Waals surface area (Å²) < 4.78 is 0.714. The van der Waals surface area contributed by atoms with Crippen molar-refractivity contribution in [1.82, 2.24) is 0 Å². The maximum atomic E-state index is 10.2. The average molecular weight is 352 g/mol. The molecule has 3 atom stereocenters. The van der Waals surface area contributed by atoms with Crippen LogP contribution in [0.1, 0.15) is 97.8 Å². The van der Waals surface area contributed by atoms with E-state index in [-0.39, 0.29) is 12.4 Å². The number of rotatable bonds is 15. The Kier molecular flexibility index (Phi) is 12.1. The molecule has 1 aliphatic rings. The lowest BCUT2D eigenvalue weighted by Gasteiger charge is -2.40. The summed E-state index contributed by atoms with van der Waals surface area (Å²) in [4.78, 5) is 4.63. The standard InChI is InChI=1S/C22H43N2O/c1-4-6-7-8-9-10-11-12-13-14-15-16-17-18-22-23-19-20-24(22,5-2)21(3)25/h15-16,19,21-22,25H,4-14,17-18,20H2,1-3H3/q+1/b16-15+. The van der Waals surface area contributed by atoms with Crippen molar-refractivity contribution >= 4 is 6.21 Å². The minimum atomic E-state index is -0.330. The monoisotopic (exact) mass is 351 g/mol. The van der Waals surface area contributed by atoms with Crippen molar-refractivity contribution in [3.05, 3.63) is 12.2 Å². The fourth-order valence-corrected chi connectivity index (χ4v) is 3.97. The molecular formula is C22H43N2O+. The first-order valence-corrected chi connectivity index (χ1v) is 10.9. The molecular weight excluding hydrogens is 308 g/mol. The number of unbranched alkanes of at least 4 members (excludes halogenated alkanes) is 9. The van der Waals surface area contributed by atoms with Crippen molar-refractivity contribution in [2.45, 2.75) is 110 Å². The van der Waals surface area contributed by atoms with Gasteiger partial charge in [0.15, 0.2) is 12.4 Å². The van der Waals surface area contributed by atoms with Crippen LogP contribution >= 0.6 is 0 Å². The van der Waals surface area contributed by atoms with Crippen LogP contribution < -0.4 is 0 Å². The predicted molar refractivity (Wildman–Crippen MR) is 110 cm³/mol. The molecule has 0 amide bonds. The molecule has 0 saturated carbocycles. The molecule has 0 aromatic rings. The van der Waals surface area contributed by atoms with E-state index in [4.69, 9.17) is 0 Å². The lowest BCUT2D eigenvalue weighted by atomic mass is 10.1. The number of nitrogens with zero attached hydrogens (tertiary/aromatic N) is 2. The lowest BCUT2D eigenvalue weighted by molar-refractivity contribution is -0.976. The Morgan fingerprint density at radius 1 is 1.00 bits per heavy atom. The van der Waals surface area contributed by atoms with Gasteiger partial charge in [-0.3, -0.25) is 4.48 Å². The molecule has 3 heteroatoms. The molecule has 0 bridgehead atoms. The van der Waals surface area contributed by atoms with E-state index in [1.165, 1.54) is 64.2 Å². The summed E-state index contributed by atoms with van der Waals surface area (Å²) in [6.45, 7) is 8.17.